The fraction of sp³-hybridized carbons (Fsp3) is 0.286. The Hall–Kier alpha value is -4.80. The fourth-order valence-corrected chi connectivity index (χ4v) is 6.40. The Balaban J connectivity index is 1.19. The third-order valence-corrected chi connectivity index (χ3v) is 9.22. The number of nitrogens with zero attached hydrogens (tertiary/aromatic N) is 5. The van der Waals surface area contributed by atoms with Crippen LogP contribution in [0.5, 0.6) is 11.6 Å². The molecule has 0 spiro atoms. The average Bonchev–Trinajstić information content (AvgIpc) is 3.46. The first-order valence-electron chi connectivity index (χ1n) is 15.4. The molecule has 47 heavy (non-hydrogen) atoms. The molecule has 0 radical (unpaired) electrons. The first-order valence-corrected chi connectivity index (χ1v) is 17.0. The van der Waals surface area contributed by atoms with Gasteiger partial charge in [0.25, 0.3) is 0 Å². The normalized spacial score (nSPS) is 14.3. The first kappa shape index (κ1) is 32.2. The molecule has 0 atom stereocenters. The van der Waals surface area contributed by atoms with Crippen LogP contribution in [0.2, 0.25) is 0 Å². The predicted octanol–water partition coefficient (Wildman–Crippen LogP) is 5.61. The Morgan fingerprint density at radius 2 is 1.68 bits per heavy atom. The van der Waals surface area contributed by atoms with Gasteiger partial charge in [0.2, 0.25) is 21.9 Å². The summed E-state index contributed by atoms with van der Waals surface area (Å²) in [4.78, 5) is 12.2. The number of primary sulfonamides is 1. The number of benzene rings is 3. The van der Waals surface area contributed by atoms with Crippen molar-refractivity contribution in [2.75, 3.05) is 18.4 Å². The zero-order valence-electron chi connectivity index (χ0n) is 26.4. The maximum Gasteiger partial charge on any atom is 0.249 e. The number of anilines is 1. The molecule has 5 aromatic rings. The second-order valence-corrected chi connectivity index (χ2v) is 13.4. The molecule has 1 aliphatic rings. The van der Waals surface area contributed by atoms with Crippen molar-refractivity contribution in [3.05, 3.63) is 107 Å². The predicted molar refractivity (Wildman–Crippen MR) is 179 cm³/mol. The Morgan fingerprint density at radius 1 is 0.979 bits per heavy atom. The van der Waals surface area contributed by atoms with Gasteiger partial charge in [-0.05, 0) is 79.3 Å². The van der Waals surface area contributed by atoms with Gasteiger partial charge in [-0.2, -0.15) is 10.2 Å². The van der Waals surface area contributed by atoms with E-state index in [0.29, 0.717) is 36.5 Å². The van der Waals surface area contributed by atoms with Crippen LogP contribution in [-0.4, -0.2) is 47.0 Å². The molecule has 0 bridgehead atoms. The standard InChI is InChI=1S/C35H37N7O4S/c1-24-18-28(20-36)19-25(2)33(24)46-34-32-31(14-17-42(32)23-45-22-27-6-4-3-5-7-27)39-35(40-34)38-29-12-15-41(16-13-29)21-26-8-10-30(11-9-26)47(37,43)44/h3-11,14,17-19,29H,12-13,15-16,21-23H2,1-2H3,(H2,37,43,44)(H,38,39,40). The molecule has 3 heterocycles. The highest BCUT2D eigenvalue weighted by atomic mass is 32.2. The van der Waals surface area contributed by atoms with Gasteiger partial charge in [0.05, 0.1) is 28.7 Å². The molecule has 0 unspecified atom stereocenters. The maximum absolute atomic E-state index is 11.6. The van der Waals surface area contributed by atoms with Gasteiger partial charge in [0, 0.05) is 31.9 Å². The van der Waals surface area contributed by atoms with E-state index in [1.807, 2.05) is 85.3 Å². The Bertz CT molecular complexity index is 1990. The number of rotatable bonds is 11. The fourth-order valence-electron chi connectivity index (χ4n) is 5.88. The van der Waals surface area contributed by atoms with E-state index in [9.17, 15) is 13.7 Å². The van der Waals surface area contributed by atoms with Crippen LogP contribution >= 0.6 is 0 Å². The molecule has 2 aromatic heterocycles. The van der Waals surface area contributed by atoms with E-state index in [1.54, 1.807) is 12.1 Å². The van der Waals surface area contributed by atoms with Crippen molar-refractivity contribution < 1.29 is 17.9 Å². The average molecular weight is 652 g/mol. The van der Waals surface area contributed by atoms with Gasteiger partial charge in [-0.15, -0.1) is 0 Å². The van der Waals surface area contributed by atoms with E-state index in [1.165, 1.54) is 0 Å². The maximum atomic E-state index is 11.6. The number of aryl methyl sites for hydroxylation is 2. The molecule has 6 rings (SSSR count). The van der Waals surface area contributed by atoms with E-state index >= 15 is 0 Å². The highest BCUT2D eigenvalue weighted by molar-refractivity contribution is 7.89. The zero-order valence-corrected chi connectivity index (χ0v) is 27.2. The smallest absolute Gasteiger partial charge is 0.249 e. The quantitative estimate of drug-likeness (QED) is 0.186. The number of nitriles is 1. The van der Waals surface area contributed by atoms with Gasteiger partial charge >= 0.3 is 0 Å². The van der Waals surface area contributed by atoms with E-state index in [-0.39, 0.29) is 10.9 Å². The van der Waals surface area contributed by atoms with Crippen molar-refractivity contribution in [1.29, 1.82) is 5.26 Å². The molecule has 11 nitrogen and oxygen atoms in total. The van der Waals surface area contributed by atoms with Gasteiger partial charge in [0.1, 0.15) is 18.0 Å². The molecule has 1 saturated heterocycles. The van der Waals surface area contributed by atoms with Crippen LogP contribution < -0.4 is 15.2 Å². The number of ether oxygens (including phenoxy) is 2. The number of likely N-dealkylation sites (tertiary alicyclic amines) is 1. The van der Waals surface area contributed by atoms with E-state index < -0.39 is 10.0 Å². The van der Waals surface area contributed by atoms with Crippen molar-refractivity contribution in [1.82, 2.24) is 19.4 Å². The SMILES string of the molecule is Cc1cc(C#N)cc(C)c1Oc1nc(NC2CCN(Cc3ccc(S(N)(=O)=O)cc3)CC2)nc2ccn(COCc3ccccc3)c12. The summed E-state index contributed by atoms with van der Waals surface area (Å²) in [6, 6.07) is 24.7. The highest BCUT2D eigenvalue weighted by Gasteiger charge is 2.23. The van der Waals surface area contributed by atoms with Crippen molar-refractivity contribution in [3.63, 3.8) is 0 Å². The van der Waals surface area contributed by atoms with Crippen LogP contribution in [-0.2, 0) is 34.6 Å². The molecule has 0 aliphatic carbocycles. The summed E-state index contributed by atoms with van der Waals surface area (Å²) in [6.07, 6.45) is 3.69. The number of nitrogens with one attached hydrogen (secondary N) is 1. The molecular formula is C35H37N7O4S. The van der Waals surface area contributed by atoms with Gasteiger partial charge in [0.15, 0.2) is 0 Å². The molecular weight excluding hydrogens is 614 g/mol. The Morgan fingerprint density at radius 3 is 2.34 bits per heavy atom. The summed E-state index contributed by atoms with van der Waals surface area (Å²) in [7, 11) is -3.71. The van der Waals surface area contributed by atoms with E-state index in [2.05, 4.69) is 16.3 Å². The second-order valence-electron chi connectivity index (χ2n) is 11.9. The molecule has 0 amide bonds. The summed E-state index contributed by atoms with van der Waals surface area (Å²) < 4.78 is 37.7. The van der Waals surface area contributed by atoms with Crippen molar-refractivity contribution in [2.45, 2.75) is 57.5 Å². The molecule has 1 fully saturated rings. The summed E-state index contributed by atoms with van der Waals surface area (Å²) in [5, 5.41) is 18.2. The lowest BCUT2D eigenvalue weighted by Crippen LogP contribution is -2.39. The third kappa shape index (κ3) is 7.78. The lowest BCUT2D eigenvalue weighted by molar-refractivity contribution is 0.0665. The minimum absolute atomic E-state index is 0.115. The molecule has 3 N–H and O–H groups in total. The topological polar surface area (TPSA) is 148 Å². The number of piperidine rings is 1. The minimum atomic E-state index is -3.71. The van der Waals surface area contributed by atoms with E-state index in [4.69, 9.17) is 24.6 Å². The summed E-state index contributed by atoms with van der Waals surface area (Å²) in [6.45, 7) is 7.04. The molecule has 242 valence electrons. The van der Waals surface area contributed by atoms with Gasteiger partial charge in [-0.3, -0.25) is 4.90 Å². The highest BCUT2D eigenvalue weighted by Crippen LogP contribution is 2.34. The van der Waals surface area contributed by atoms with Crippen molar-refractivity contribution in [2.24, 2.45) is 5.14 Å². The largest absolute Gasteiger partial charge is 0.436 e. The molecule has 12 heteroatoms. The van der Waals surface area contributed by atoms with Crippen molar-refractivity contribution in [3.8, 4) is 17.7 Å². The van der Waals surface area contributed by atoms with Crippen LogP contribution in [0, 0.1) is 25.2 Å². The Labute approximate surface area is 274 Å². The van der Waals surface area contributed by atoms with Crippen LogP contribution in [0.25, 0.3) is 11.0 Å². The summed E-state index contributed by atoms with van der Waals surface area (Å²) in [5.74, 6) is 1.54. The summed E-state index contributed by atoms with van der Waals surface area (Å²) >= 11 is 0. The third-order valence-electron chi connectivity index (χ3n) is 8.29. The Kier molecular flexibility index (Phi) is 9.51. The van der Waals surface area contributed by atoms with Gasteiger partial charge < -0.3 is 19.4 Å². The van der Waals surface area contributed by atoms with Crippen molar-refractivity contribution >= 4 is 27.0 Å². The van der Waals surface area contributed by atoms with E-state index in [0.717, 1.165) is 65.8 Å². The molecule has 1 aliphatic heterocycles. The minimum Gasteiger partial charge on any atom is -0.436 e. The molecule has 0 saturated carbocycles. The van der Waals surface area contributed by atoms with Crippen LogP contribution in [0.4, 0.5) is 5.95 Å². The van der Waals surface area contributed by atoms with Crippen LogP contribution in [0.15, 0.2) is 83.9 Å². The van der Waals surface area contributed by atoms with Crippen LogP contribution in [0.1, 0.15) is 40.7 Å². The second kappa shape index (κ2) is 13.9. The molecule has 3 aromatic carbocycles. The first-order chi connectivity index (χ1) is 22.7. The van der Waals surface area contributed by atoms with Gasteiger partial charge in [-0.25, -0.2) is 18.5 Å². The number of hydrogen-bond acceptors (Lipinski definition) is 9. The van der Waals surface area contributed by atoms with Crippen LogP contribution in [0.3, 0.4) is 0 Å². The monoisotopic (exact) mass is 651 g/mol. The number of sulfonamides is 1. The number of fused-ring (bicyclic) bond motifs is 1. The number of aromatic nitrogens is 3. The lowest BCUT2D eigenvalue weighted by atomic mass is 10.0. The number of hydrogen-bond donors (Lipinski definition) is 2. The van der Waals surface area contributed by atoms with Gasteiger partial charge in [-0.1, -0.05) is 42.5 Å². The summed E-state index contributed by atoms with van der Waals surface area (Å²) in [5.41, 5.74) is 5.82. The lowest BCUT2D eigenvalue weighted by Gasteiger charge is -2.32. The zero-order chi connectivity index (χ0) is 33.0. The number of nitrogens with two attached hydrogens (primary N) is 1.